The molecule has 0 atom stereocenters. The first kappa shape index (κ1) is 10.7. The number of ketones is 1. The summed E-state index contributed by atoms with van der Waals surface area (Å²) in [5.41, 5.74) is 1.72. The second kappa shape index (κ2) is 5.35. The van der Waals surface area contributed by atoms with Gasteiger partial charge < -0.3 is 4.74 Å². The zero-order valence-corrected chi connectivity index (χ0v) is 8.32. The topological polar surface area (TPSA) is 26.3 Å². The summed E-state index contributed by atoms with van der Waals surface area (Å²) in [4.78, 5) is 11.6. The first-order valence-corrected chi connectivity index (χ1v) is 4.53. The van der Waals surface area contributed by atoms with Gasteiger partial charge in [-0.25, -0.2) is 0 Å². The fourth-order valence-corrected chi connectivity index (χ4v) is 1.20. The van der Waals surface area contributed by atoms with E-state index in [1.165, 1.54) is 0 Å². The van der Waals surface area contributed by atoms with Gasteiger partial charge in [0.15, 0.2) is 5.78 Å². The molecule has 0 radical (unpaired) electrons. The monoisotopic (exact) mass is 190 g/mol. The predicted molar refractivity (Wildman–Crippen MR) is 56.5 cm³/mol. The van der Waals surface area contributed by atoms with Crippen LogP contribution in [0, 0.1) is 6.92 Å². The summed E-state index contributed by atoms with van der Waals surface area (Å²) in [6, 6.07) is 7.50. The largest absolute Gasteiger partial charge is 0.369 e. The number of hydrogen-bond donors (Lipinski definition) is 0. The van der Waals surface area contributed by atoms with E-state index in [1.807, 2.05) is 31.2 Å². The Morgan fingerprint density at radius 3 is 2.86 bits per heavy atom. The summed E-state index contributed by atoms with van der Waals surface area (Å²) in [5, 5.41) is 0. The number of hydrogen-bond acceptors (Lipinski definition) is 2. The maximum absolute atomic E-state index is 11.6. The van der Waals surface area contributed by atoms with Gasteiger partial charge in [0.25, 0.3) is 0 Å². The first-order valence-electron chi connectivity index (χ1n) is 4.53. The van der Waals surface area contributed by atoms with Crippen LogP contribution in [0.15, 0.2) is 36.9 Å². The lowest BCUT2D eigenvalue weighted by Gasteiger charge is -2.03. The van der Waals surface area contributed by atoms with Gasteiger partial charge in [-0.1, -0.05) is 30.3 Å². The van der Waals surface area contributed by atoms with E-state index in [2.05, 4.69) is 6.58 Å². The van der Waals surface area contributed by atoms with Crippen molar-refractivity contribution in [2.24, 2.45) is 0 Å². The highest BCUT2D eigenvalue weighted by atomic mass is 16.5. The number of aryl methyl sites for hydroxylation is 1. The molecule has 0 spiro atoms. The highest BCUT2D eigenvalue weighted by molar-refractivity contribution is 5.98. The molecule has 0 fully saturated rings. The molecule has 14 heavy (non-hydrogen) atoms. The van der Waals surface area contributed by atoms with Crippen LogP contribution in [0.5, 0.6) is 0 Å². The summed E-state index contributed by atoms with van der Waals surface area (Å²) in [7, 11) is 0. The maximum atomic E-state index is 11.6. The van der Waals surface area contributed by atoms with Crippen molar-refractivity contribution >= 4 is 5.78 Å². The van der Waals surface area contributed by atoms with Crippen molar-refractivity contribution < 1.29 is 9.53 Å². The first-order chi connectivity index (χ1) is 6.75. The van der Waals surface area contributed by atoms with Gasteiger partial charge in [-0.3, -0.25) is 4.79 Å². The Hall–Kier alpha value is -1.41. The van der Waals surface area contributed by atoms with E-state index in [9.17, 15) is 4.79 Å². The molecule has 0 amide bonds. The van der Waals surface area contributed by atoms with E-state index in [4.69, 9.17) is 4.74 Å². The lowest BCUT2D eigenvalue weighted by Crippen LogP contribution is -2.10. The van der Waals surface area contributed by atoms with E-state index in [0.717, 1.165) is 11.1 Å². The van der Waals surface area contributed by atoms with Crippen molar-refractivity contribution in [1.82, 2.24) is 0 Å². The second-order valence-electron chi connectivity index (χ2n) is 3.04. The average Bonchev–Trinajstić information content (AvgIpc) is 2.18. The van der Waals surface area contributed by atoms with Crippen LogP contribution in [0.25, 0.3) is 0 Å². The standard InChI is InChI=1S/C12H14O2/c1-3-8-14-9-12(13)11-7-5-4-6-10(11)2/h3-7H,1,8-9H2,2H3. The highest BCUT2D eigenvalue weighted by Gasteiger charge is 2.07. The molecule has 0 N–H and O–H groups in total. The van der Waals surface area contributed by atoms with Crippen LogP contribution in [0.3, 0.4) is 0 Å². The number of carbonyl (C=O) groups is 1. The lowest BCUT2D eigenvalue weighted by molar-refractivity contribution is 0.0805. The molecule has 74 valence electrons. The third-order valence-corrected chi connectivity index (χ3v) is 1.91. The van der Waals surface area contributed by atoms with Crippen LogP contribution in [-0.2, 0) is 4.74 Å². The molecule has 0 aliphatic carbocycles. The summed E-state index contributed by atoms with van der Waals surface area (Å²) in [5.74, 6) is 0.0185. The van der Waals surface area contributed by atoms with E-state index in [0.29, 0.717) is 6.61 Å². The van der Waals surface area contributed by atoms with Crippen LogP contribution in [0.4, 0.5) is 0 Å². The number of Topliss-reactive ketones (excluding diaryl/α,β-unsaturated/α-hetero) is 1. The summed E-state index contributed by atoms with van der Waals surface area (Å²) in [6.45, 7) is 5.97. The highest BCUT2D eigenvalue weighted by Crippen LogP contribution is 2.07. The minimum atomic E-state index is 0.0185. The Balaban J connectivity index is 2.60. The zero-order chi connectivity index (χ0) is 10.4. The summed E-state index contributed by atoms with van der Waals surface area (Å²) >= 11 is 0. The quantitative estimate of drug-likeness (QED) is 0.405. The van der Waals surface area contributed by atoms with Gasteiger partial charge in [0.1, 0.15) is 6.61 Å². The van der Waals surface area contributed by atoms with Gasteiger partial charge >= 0.3 is 0 Å². The average molecular weight is 190 g/mol. The van der Waals surface area contributed by atoms with Crippen molar-refractivity contribution in [3.8, 4) is 0 Å². The molecular weight excluding hydrogens is 176 g/mol. The third-order valence-electron chi connectivity index (χ3n) is 1.91. The van der Waals surface area contributed by atoms with Gasteiger partial charge in [-0.2, -0.15) is 0 Å². The Morgan fingerprint density at radius 1 is 1.50 bits per heavy atom. The van der Waals surface area contributed by atoms with Crippen molar-refractivity contribution in [3.05, 3.63) is 48.0 Å². The fourth-order valence-electron chi connectivity index (χ4n) is 1.20. The SMILES string of the molecule is C=CCOCC(=O)c1ccccc1C. The van der Waals surface area contributed by atoms with Gasteiger partial charge in [0.05, 0.1) is 6.61 Å². The molecule has 0 aliphatic rings. The molecule has 1 rings (SSSR count). The lowest BCUT2D eigenvalue weighted by atomic mass is 10.1. The Morgan fingerprint density at radius 2 is 2.21 bits per heavy atom. The molecular formula is C12H14O2. The molecule has 2 heteroatoms. The Labute approximate surface area is 84.2 Å². The normalized spacial score (nSPS) is 9.79. The maximum Gasteiger partial charge on any atom is 0.188 e. The van der Waals surface area contributed by atoms with Crippen molar-refractivity contribution in [2.75, 3.05) is 13.2 Å². The van der Waals surface area contributed by atoms with Gasteiger partial charge in [0, 0.05) is 5.56 Å². The van der Waals surface area contributed by atoms with Crippen molar-refractivity contribution in [3.63, 3.8) is 0 Å². The van der Waals surface area contributed by atoms with E-state index >= 15 is 0 Å². The molecule has 0 aromatic heterocycles. The number of ether oxygens (including phenoxy) is 1. The summed E-state index contributed by atoms with van der Waals surface area (Å²) in [6.07, 6.45) is 1.63. The van der Waals surface area contributed by atoms with Gasteiger partial charge in [-0.05, 0) is 12.5 Å². The van der Waals surface area contributed by atoms with Crippen LogP contribution in [0.2, 0.25) is 0 Å². The van der Waals surface area contributed by atoms with Crippen LogP contribution in [-0.4, -0.2) is 19.0 Å². The number of rotatable bonds is 5. The van der Waals surface area contributed by atoms with E-state index < -0.39 is 0 Å². The molecule has 0 saturated carbocycles. The predicted octanol–water partition coefficient (Wildman–Crippen LogP) is 2.38. The zero-order valence-electron chi connectivity index (χ0n) is 8.32. The minimum absolute atomic E-state index is 0.0185. The number of benzene rings is 1. The molecule has 0 aliphatic heterocycles. The van der Waals surface area contributed by atoms with Crippen LogP contribution in [0.1, 0.15) is 15.9 Å². The molecule has 0 unspecified atom stereocenters. The Kier molecular flexibility index (Phi) is 4.08. The second-order valence-corrected chi connectivity index (χ2v) is 3.04. The number of carbonyl (C=O) groups excluding carboxylic acids is 1. The van der Waals surface area contributed by atoms with Gasteiger partial charge in [0.2, 0.25) is 0 Å². The molecule has 1 aromatic carbocycles. The molecule has 0 bridgehead atoms. The molecule has 2 nitrogen and oxygen atoms in total. The molecule has 1 aromatic rings. The van der Waals surface area contributed by atoms with E-state index in [1.54, 1.807) is 6.08 Å². The fraction of sp³-hybridized carbons (Fsp3) is 0.250. The third kappa shape index (κ3) is 2.82. The van der Waals surface area contributed by atoms with Gasteiger partial charge in [-0.15, -0.1) is 6.58 Å². The van der Waals surface area contributed by atoms with E-state index in [-0.39, 0.29) is 12.4 Å². The van der Waals surface area contributed by atoms with Crippen LogP contribution < -0.4 is 0 Å². The van der Waals surface area contributed by atoms with Crippen LogP contribution >= 0.6 is 0 Å². The molecule has 0 saturated heterocycles. The molecule has 0 heterocycles. The van der Waals surface area contributed by atoms with Crippen molar-refractivity contribution in [1.29, 1.82) is 0 Å². The minimum Gasteiger partial charge on any atom is -0.369 e. The Bertz CT molecular complexity index is 329. The van der Waals surface area contributed by atoms with Crippen molar-refractivity contribution in [2.45, 2.75) is 6.92 Å². The smallest absolute Gasteiger partial charge is 0.188 e. The summed E-state index contributed by atoms with van der Waals surface area (Å²) < 4.78 is 5.09.